The number of nitrogens with one attached hydrogen (secondary N) is 1. The van der Waals surface area contributed by atoms with E-state index in [0.717, 1.165) is 17.7 Å². The Balaban J connectivity index is 1.33. The van der Waals surface area contributed by atoms with Crippen molar-refractivity contribution in [1.82, 2.24) is 29.3 Å². The van der Waals surface area contributed by atoms with Crippen LogP contribution in [0.4, 0.5) is 5.82 Å². The first-order chi connectivity index (χ1) is 16.6. The van der Waals surface area contributed by atoms with Crippen LogP contribution in [0.3, 0.4) is 0 Å². The second kappa shape index (κ2) is 8.09. The summed E-state index contributed by atoms with van der Waals surface area (Å²) in [4.78, 5) is 22.4. The molecule has 1 aliphatic heterocycles. The van der Waals surface area contributed by atoms with Crippen molar-refractivity contribution in [3.63, 3.8) is 0 Å². The zero-order valence-corrected chi connectivity index (χ0v) is 19.1. The third-order valence-electron chi connectivity index (χ3n) is 6.30. The summed E-state index contributed by atoms with van der Waals surface area (Å²) in [5.74, 6) is 2.03. The molecule has 6 rings (SSSR count). The average Bonchev–Trinajstić information content (AvgIpc) is 3.24. The molecule has 9 heteroatoms. The molecule has 0 bridgehead atoms. The Morgan fingerprint density at radius 1 is 1.21 bits per heavy atom. The molecule has 1 fully saturated rings. The van der Waals surface area contributed by atoms with Crippen LogP contribution >= 0.6 is 0 Å². The molecule has 34 heavy (non-hydrogen) atoms. The van der Waals surface area contributed by atoms with Crippen LogP contribution in [0, 0.1) is 0 Å². The van der Waals surface area contributed by atoms with Gasteiger partial charge in [0.2, 0.25) is 0 Å². The van der Waals surface area contributed by atoms with Crippen molar-refractivity contribution in [2.45, 2.75) is 45.1 Å². The van der Waals surface area contributed by atoms with Crippen molar-refractivity contribution in [2.75, 3.05) is 11.9 Å². The van der Waals surface area contributed by atoms with Crippen molar-refractivity contribution < 1.29 is 9.53 Å². The maximum absolute atomic E-state index is 13.4. The van der Waals surface area contributed by atoms with Crippen LogP contribution in [-0.4, -0.2) is 41.8 Å². The van der Waals surface area contributed by atoms with Gasteiger partial charge in [-0.05, 0) is 51.0 Å². The van der Waals surface area contributed by atoms with Gasteiger partial charge in [0.15, 0.2) is 5.82 Å². The van der Waals surface area contributed by atoms with E-state index >= 15 is 0 Å². The van der Waals surface area contributed by atoms with Crippen LogP contribution < -0.4 is 10.1 Å². The van der Waals surface area contributed by atoms with Crippen molar-refractivity contribution in [3.05, 3.63) is 66.0 Å². The number of ether oxygens (including phenoxy) is 1. The number of pyridine rings is 1. The zero-order chi connectivity index (χ0) is 23.2. The minimum atomic E-state index is -0.261. The quantitative estimate of drug-likeness (QED) is 0.468. The lowest BCUT2D eigenvalue weighted by Crippen LogP contribution is -2.15. The highest BCUT2D eigenvalue weighted by molar-refractivity contribution is 6.06. The molecule has 1 saturated carbocycles. The Hall–Kier alpha value is -4.01. The summed E-state index contributed by atoms with van der Waals surface area (Å²) >= 11 is 0. The number of benzene rings is 1. The molecule has 0 spiro atoms. The second-order valence-electron chi connectivity index (χ2n) is 9.06. The lowest BCUT2D eigenvalue weighted by Gasteiger charge is -2.14. The van der Waals surface area contributed by atoms with Crippen LogP contribution in [-0.2, 0) is 6.42 Å². The molecule has 0 unspecified atom stereocenters. The summed E-state index contributed by atoms with van der Waals surface area (Å²) in [6.07, 6.45) is 8.56. The molecule has 1 aromatic carbocycles. The maximum atomic E-state index is 13.4. The van der Waals surface area contributed by atoms with E-state index in [2.05, 4.69) is 50.0 Å². The van der Waals surface area contributed by atoms with Gasteiger partial charge in [0.05, 0.1) is 18.5 Å². The number of hydrogen-bond acceptors (Lipinski definition) is 6. The largest absolute Gasteiger partial charge is 0.492 e. The van der Waals surface area contributed by atoms with E-state index in [4.69, 9.17) is 4.74 Å². The van der Waals surface area contributed by atoms with Gasteiger partial charge in [-0.25, -0.2) is 9.97 Å². The highest BCUT2D eigenvalue weighted by Crippen LogP contribution is 2.41. The molecule has 2 aliphatic rings. The Bertz CT molecular complexity index is 1380. The van der Waals surface area contributed by atoms with E-state index in [1.165, 1.54) is 18.5 Å². The number of carbonyl (C=O) groups excluding carboxylic acids is 1. The summed E-state index contributed by atoms with van der Waals surface area (Å²) in [5.41, 5.74) is 4.30. The normalized spacial score (nSPS) is 14.8. The Kier molecular flexibility index (Phi) is 4.90. The lowest BCUT2D eigenvalue weighted by molar-refractivity contribution is 0.102. The molecule has 0 atom stereocenters. The van der Waals surface area contributed by atoms with Gasteiger partial charge >= 0.3 is 0 Å². The molecule has 172 valence electrons. The minimum Gasteiger partial charge on any atom is -0.492 e. The highest BCUT2D eigenvalue weighted by Gasteiger charge is 2.29. The maximum Gasteiger partial charge on any atom is 0.260 e. The summed E-state index contributed by atoms with van der Waals surface area (Å²) < 4.78 is 9.88. The van der Waals surface area contributed by atoms with Gasteiger partial charge in [-0.15, -0.1) is 10.2 Å². The van der Waals surface area contributed by atoms with E-state index in [1.54, 1.807) is 12.4 Å². The number of hydrogen-bond donors (Lipinski definition) is 1. The number of imidazole rings is 1. The van der Waals surface area contributed by atoms with E-state index in [0.29, 0.717) is 41.2 Å². The first kappa shape index (κ1) is 20.6. The molecule has 4 aromatic rings. The monoisotopic (exact) mass is 455 g/mol. The number of carbonyl (C=O) groups is 1. The smallest absolute Gasteiger partial charge is 0.260 e. The highest BCUT2D eigenvalue weighted by atomic mass is 16.5. The van der Waals surface area contributed by atoms with Gasteiger partial charge in [-0.1, -0.05) is 6.07 Å². The number of anilines is 1. The number of fused-ring (bicyclic) bond motifs is 1. The molecule has 0 radical (unpaired) electrons. The fraction of sp³-hybridized carbons (Fsp3) is 0.320. The molecule has 1 aliphatic carbocycles. The van der Waals surface area contributed by atoms with Crippen LogP contribution in [0.5, 0.6) is 5.75 Å². The van der Waals surface area contributed by atoms with Crippen molar-refractivity contribution in [3.8, 4) is 23.0 Å². The van der Waals surface area contributed by atoms with Crippen LogP contribution in [0.25, 0.3) is 17.2 Å². The Morgan fingerprint density at radius 3 is 2.91 bits per heavy atom. The Labute approximate surface area is 196 Å². The average molecular weight is 456 g/mol. The molecule has 3 aromatic heterocycles. The number of rotatable bonds is 6. The number of nitrogens with zero attached hydrogens (tertiary/aromatic N) is 6. The van der Waals surface area contributed by atoms with E-state index in [9.17, 15) is 4.79 Å². The lowest BCUT2D eigenvalue weighted by atomic mass is 10.1. The van der Waals surface area contributed by atoms with Gasteiger partial charge < -0.3 is 19.2 Å². The third-order valence-corrected chi connectivity index (χ3v) is 6.30. The SMILES string of the molecule is CC(C)n1cnnc1-c1cccc(NC(=O)c2cc(-n3cncc3C3CC3)cc3c2OCC3)n1. The number of aromatic nitrogens is 6. The van der Waals surface area contributed by atoms with Crippen LogP contribution in [0.15, 0.2) is 49.2 Å². The molecule has 4 heterocycles. The van der Waals surface area contributed by atoms with Gasteiger partial charge in [-0.2, -0.15) is 0 Å². The fourth-order valence-electron chi connectivity index (χ4n) is 4.42. The summed E-state index contributed by atoms with van der Waals surface area (Å²) in [6, 6.07) is 9.65. The fourth-order valence-corrected chi connectivity index (χ4v) is 4.42. The van der Waals surface area contributed by atoms with E-state index in [1.807, 2.05) is 35.3 Å². The molecular weight excluding hydrogens is 430 g/mol. The molecule has 1 amide bonds. The standard InChI is InChI=1S/C25H25N7O2/c1-15(2)31-14-27-30-24(31)20-4-3-5-22(28-20)29-25(33)19-11-18(10-17-8-9-34-23(17)19)32-13-26-12-21(32)16-6-7-16/h3-5,10-16H,6-9H2,1-2H3,(H,28,29,33). The number of amides is 1. The predicted molar refractivity (Wildman–Crippen MR) is 126 cm³/mol. The minimum absolute atomic E-state index is 0.191. The zero-order valence-electron chi connectivity index (χ0n) is 19.1. The van der Waals surface area contributed by atoms with Crippen molar-refractivity contribution in [2.24, 2.45) is 0 Å². The van der Waals surface area contributed by atoms with Gasteiger partial charge in [0.25, 0.3) is 5.91 Å². The predicted octanol–water partition coefficient (Wildman–Crippen LogP) is 4.17. The third kappa shape index (κ3) is 3.63. The van der Waals surface area contributed by atoms with Gasteiger partial charge in [-0.3, -0.25) is 4.79 Å². The van der Waals surface area contributed by atoms with Gasteiger partial charge in [0.1, 0.15) is 23.6 Å². The first-order valence-corrected chi connectivity index (χ1v) is 11.6. The molecular formula is C25H25N7O2. The Morgan fingerprint density at radius 2 is 2.09 bits per heavy atom. The summed E-state index contributed by atoms with van der Waals surface area (Å²) in [5, 5.41) is 11.2. The van der Waals surface area contributed by atoms with Crippen molar-refractivity contribution >= 4 is 11.7 Å². The topological polar surface area (TPSA) is 99.8 Å². The van der Waals surface area contributed by atoms with Crippen LogP contribution in [0.1, 0.15) is 60.3 Å². The first-order valence-electron chi connectivity index (χ1n) is 11.6. The second-order valence-corrected chi connectivity index (χ2v) is 9.06. The summed E-state index contributed by atoms with van der Waals surface area (Å²) in [7, 11) is 0. The summed E-state index contributed by atoms with van der Waals surface area (Å²) in [6.45, 7) is 4.68. The van der Waals surface area contributed by atoms with Gasteiger partial charge in [0, 0.05) is 41.5 Å². The molecule has 0 saturated heterocycles. The van der Waals surface area contributed by atoms with E-state index < -0.39 is 0 Å². The van der Waals surface area contributed by atoms with E-state index in [-0.39, 0.29) is 11.9 Å². The molecule has 1 N–H and O–H groups in total. The molecule has 9 nitrogen and oxygen atoms in total. The van der Waals surface area contributed by atoms with Crippen LogP contribution in [0.2, 0.25) is 0 Å². The van der Waals surface area contributed by atoms with Crippen molar-refractivity contribution in [1.29, 1.82) is 0 Å².